The van der Waals surface area contributed by atoms with Crippen molar-refractivity contribution in [2.24, 2.45) is 23.5 Å². The fourth-order valence-electron chi connectivity index (χ4n) is 4.66. The molecule has 2 fully saturated rings. The first kappa shape index (κ1) is 14.8. The number of aromatic nitrogens is 1. The van der Waals surface area contributed by atoms with Crippen LogP contribution in [0, 0.1) is 17.8 Å². The van der Waals surface area contributed by atoms with Crippen LogP contribution in [-0.2, 0) is 11.3 Å². The number of nitrogens with zero attached hydrogens (tertiary/aromatic N) is 1. The molecule has 2 bridgehead atoms. The summed E-state index contributed by atoms with van der Waals surface area (Å²) in [6, 6.07) is 8.33. The lowest BCUT2D eigenvalue weighted by molar-refractivity contribution is -0.121. The maximum absolute atomic E-state index is 12.7. The van der Waals surface area contributed by atoms with Gasteiger partial charge in [0.1, 0.15) is 0 Å². The highest BCUT2D eigenvalue weighted by molar-refractivity contribution is 5.96. The zero-order valence-corrected chi connectivity index (χ0v) is 13.7. The van der Waals surface area contributed by atoms with Gasteiger partial charge in [0.15, 0.2) is 0 Å². The van der Waals surface area contributed by atoms with E-state index in [-0.39, 0.29) is 17.9 Å². The Morgan fingerprint density at radius 1 is 1.30 bits per heavy atom. The van der Waals surface area contributed by atoms with Gasteiger partial charge in [-0.1, -0.05) is 6.92 Å². The molecule has 2 aliphatic carbocycles. The summed E-state index contributed by atoms with van der Waals surface area (Å²) in [4.78, 5) is 12.7. The molecule has 3 N–H and O–H groups in total. The Morgan fingerprint density at radius 3 is 2.87 bits per heavy atom. The van der Waals surface area contributed by atoms with Crippen LogP contribution in [0.5, 0.6) is 0 Å². The average molecular weight is 311 g/mol. The summed E-state index contributed by atoms with van der Waals surface area (Å²) in [5.74, 6) is 1.15. The van der Waals surface area contributed by atoms with Crippen molar-refractivity contribution in [1.82, 2.24) is 4.57 Å². The predicted octanol–water partition coefficient (Wildman–Crippen LogP) is 3.36. The monoisotopic (exact) mass is 311 g/mol. The van der Waals surface area contributed by atoms with Gasteiger partial charge in [0.2, 0.25) is 5.91 Å². The van der Waals surface area contributed by atoms with Crippen LogP contribution in [0.3, 0.4) is 0 Å². The lowest BCUT2D eigenvalue weighted by Gasteiger charge is -2.27. The Balaban J connectivity index is 1.52. The SMILES string of the molecule is CCCn1ccc2cc(NC(=O)C3C4CCC(C4)C3N)ccc21. The van der Waals surface area contributed by atoms with E-state index in [0.717, 1.165) is 31.5 Å². The molecule has 2 saturated carbocycles. The first-order chi connectivity index (χ1) is 11.2. The number of amides is 1. The number of hydrogen-bond donors (Lipinski definition) is 2. The van der Waals surface area contributed by atoms with E-state index in [4.69, 9.17) is 5.73 Å². The zero-order valence-electron chi connectivity index (χ0n) is 13.7. The van der Waals surface area contributed by atoms with E-state index in [1.165, 1.54) is 17.3 Å². The first-order valence-corrected chi connectivity index (χ1v) is 8.82. The van der Waals surface area contributed by atoms with Gasteiger partial charge in [-0.15, -0.1) is 0 Å². The summed E-state index contributed by atoms with van der Waals surface area (Å²) in [6.07, 6.45) is 6.73. The third-order valence-corrected chi connectivity index (χ3v) is 5.79. The standard InChI is InChI=1S/C19H25N3O/c1-2-8-22-9-7-12-11-15(5-6-16(12)22)21-19(23)17-13-3-4-14(10-13)18(17)20/h5-7,9,11,13-14,17-18H,2-4,8,10,20H2,1H3,(H,21,23). The van der Waals surface area contributed by atoms with Crippen LogP contribution in [0.1, 0.15) is 32.6 Å². The van der Waals surface area contributed by atoms with E-state index in [1.807, 2.05) is 6.07 Å². The molecular weight excluding hydrogens is 286 g/mol. The van der Waals surface area contributed by atoms with E-state index in [9.17, 15) is 4.79 Å². The fourth-order valence-corrected chi connectivity index (χ4v) is 4.66. The van der Waals surface area contributed by atoms with E-state index in [2.05, 4.69) is 41.2 Å². The first-order valence-electron chi connectivity index (χ1n) is 8.82. The van der Waals surface area contributed by atoms with Crippen LogP contribution in [0.15, 0.2) is 30.5 Å². The molecular formula is C19H25N3O. The molecule has 2 aromatic rings. The molecule has 2 aliphatic rings. The van der Waals surface area contributed by atoms with Crippen molar-refractivity contribution in [3.8, 4) is 0 Å². The second kappa shape index (κ2) is 5.68. The summed E-state index contributed by atoms with van der Waals surface area (Å²) < 4.78 is 2.26. The number of aryl methyl sites for hydroxylation is 1. The maximum atomic E-state index is 12.7. The number of carbonyl (C=O) groups is 1. The number of nitrogens with two attached hydrogens (primary N) is 1. The molecule has 4 rings (SSSR count). The fraction of sp³-hybridized carbons (Fsp3) is 0.526. The Labute approximate surface area is 137 Å². The van der Waals surface area contributed by atoms with Gasteiger partial charge in [-0.25, -0.2) is 0 Å². The molecule has 122 valence electrons. The molecule has 1 aromatic heterocycles. The average Bonchev–Trinajstić information content (AvgIpc) is 3.22. The molecule has 4 atom stereocenters. The van der Waals surface area contributed by atoms with Crippen LogP contribution >= 0.6 is 0 Å². The van der Waals surface area contributed by atoms with Crippen LogP contribution < -0.4 is 11.1 Å². The Bertz CT molecular complexity index is 733. The van der Waals surface area contributed by atoms with Crippen LogP contribution in [-0.4, -0.2) is 16.5 Å². The summed E-state index contributed by atoms with van der Waals surface area (Å²) in [5.41, 5.74) is 8.39. The Hall–Kier alpha value is -1.81. The second-order valence-electron chi connectivity index (χ2n) is 7.21. The molecule has 1 aromatic carbocycles. The highest BCUT2D eigenvalue weighted by atomic mass is 16.2. The van der Waals surface area contributed by atoms with Crippen LogP contribution in [0.4, 0.5) is 5.69 Å². The van der Waals surface area contributed by atoms with Gasteiger partial charge in [-0.2, -0.15) is 0 Å². The predicted molar refractivity (Wildman–Crippen MR) is 93.2 cm³/mol. The highest BCUT2D eigenvalue weighted by Gasteiger charge is 2.49. The number of fused-ring (bicyclic) bond motifs is 3. The summed E-state index contributed by atoms with van der Waals surface area (Å²) in [5, 5.41) is 4.28. The minimum atomic E-state index is -0.00543. The van der Waals surface area contributed by atoms with Crippen LogP contribution in [0.2, 0.25) is 0 Å². The van der Waals surface area contributed by atoms with Crippen molar-refractivity contribution in [2.45, 2.75) is 45.2 Å². The van der Waals surface area contributed by atoms with Gasteiger partial charge < -0.3 is 15.6 Å². The van der Waals surface area contributed by atoms with Crippen molar-refractivity contribution in [2.75, 3.05) is 5.32 Å². The maximum Gasteiger partial charge on any atom is 0.229 e. The van der Waals surface area contributed by atoms with Crippen molar-refractivity contribution in [3.63, 3.8) is 0 Å². The van der Waals surface area contributed by atoms with E-state index in [0.29, 0.717) is 11.8 Å². The van der Waals surface area contributed by atoms with Gasteiger partial charge in [0.25, 0.3) is 0 Å². The lowest BCUT2D eigenvalue weighted by Crippen LogP contribution is -2.42. The van der Waals surface area contributed by atoms with Crippen molar-refractivity contribution < 1.29 is 4.79 Å². The molecule has 23 heavy (non-hydrogen) atoms. The molecule has 0 aliphatic heterocycles. The zero-order chi connectivity index (χ0) is 16.0. The summed E-state index contributed by atoms with van der Waals surface area (Å²) in [6.45, 7) is 3.20. The summed E-state index contributed by atoms with van der Waals surface area (Å²) >= 11 is 0. The number of nitrogens with one attached hydrogen (secondary N) is 1. The number of carbonyl (C=O) groups excluding carboxylic acids is 1. The molecule has 4 nitrogen and oxygen atoms in total. The molecule has 1 amide bonds. The Kier molecular flexibility index (Phi) is 3.64. The smallest absolute Gasteiger partial charge is 0.229 e. The Morgan fingerprint density at radius 2 is 2.13 bits per heavy atom. The lowest BCUT2D eigenvalue weighted by atomic mass is 9.84. The molecule has 4 heteroatoms. The van der Waals surface area contributed by atoms with E-state index in [1.54, 1.807) is 0 Å². The minimum Gasteiger partial charge on any atom is -0.347 e. The topological polar surface area (TPSA) is 60.0 Å². The third kappa shape index (κ3) is 2.45. The largest absolute Gasteiger partial charge is 0.347 e. The minimum absolute atomic E-state index is 0.00543. The second-order valence-corrected chi connectivity index (χ2v) is 7.21. The van der Waals surface area contributed by atoms with Gasteiger partial charge >= 0.3 is 0 Å². The van der Waals surface area contributed by atoms with E-state index < -0.39 is 0 Å². The molecule has 0 spiro atoms. The third-order valence-electron chi connectivity index (χ3n) is 5.79. The summed E-state index contributed by atoms with van der Waals surface area (Å²) in [7, 11) is 0. The quantitative estimate of drug-likeness (QED) is 0.909. The van der Waals surface area contributed by atoms with E-state index >= 15 is 0 Å². The molecule has 4 unspecified atom stereocenters. The van der Waals surface area contributed by atoms with Gasteiger partial charge in [-0.05, 0) is 61.8 Å². The van der Waals surface area contributed by atoms with Crippen molar-refractivity contribution in [1.29, 1.82) is 0 Å². The molecule has 0 radical (unpaired) electrons. The highest BCUT2D eigenvalue weighted by Crippen LogP contribution is 2.47. The normalized spacial score (nSPS) is 29.3. The van der Waals surface area contributed by atoms with Gasteiger partial charge in [-0.3, -0.25) is 4.79 Å². The van der Waals surface area contributed by atoms with Crippen molar-refractivity contribution in [3.05, 3.63) is 30.5 Å². The van der Waals surface area contributed by atoms with Gasteiger partial charge in [0.05, 0.1) is 5.92 Å². The number of rotatable bonds is 4. The van der Waals surface area contributed by atoms with Gasteiger partial charge in [0, 0.05) is 35.4 Å². The number of benzene rings is 1. The molecule has 0 saturated heterocycles. The molecule has 1 heterocycles. The van der Waals surface area contributed by atoms with Crippen molar-refractivity contribution >= 4 is 22.5 Å². The number of anilines is 1. The van der Waals surface area contributed by atoms with Crippen LogP contribution in [0.25, 0.3) is 10.9 Å². The number of hydrogen-bond acceptors (Lipinski definition) is 2.